The van der Waals surface area contributed by atoms with Crippen LogP contribution in [0, 0.1) is 0 Å². The van der Waals surface area contributed by atoms with Gasteiger partial charge in [0.1, 0.15) is 0 Å². The Balaban J connectivity index is 1.31. The Morgan fingerprint density at radius 1 is 1.04 bits per heavy atom. The van der Waals surface area contributed by atoms with Gasteiger partial charge >= 0.3 is 0 Å². The van der Waals surface area contributed by atoms with Gasteiger partial charge in [-0.1, -0.05) is 12.1 Å². The van der Waals surface area contributed by atoms with E-state index in [0.29, 0.717) is 6.04 Å². The Morgan fingerprint density at radius 2 is 1.77 bits per heavy atom. The molecule has 3 heterocycles. The SMILES string of the molecule is O=C(c1ccc(CN2CCSCC2)cc1)N1CCC(N2CCNCC2)C1. The van der Waals surface area contributed by atoms with Crippen molar-refractivity contribution in [1.82, 2.24) is 20.0 Å². The maximum absolute atomic E-state index is 12.9. The maximum Gasteiger partial charge on any atom is 0.253 e. The lowest BCUT2D eigenvalue weighted by Crippen LogP contribution is -2.49. The topological polar surface area (TPSA) is 38.8 Å². The highest BCUT2D eigenvalue weighted by Gasteiger charge is 2.31. The number of piperazine rings is 1. The monoisotopic (exact) mass is 374 g/mol. The lowest BCUT2D eigenvalue weighted by Gasteiger charge is -2.32. The largest absolute Gasteiger partial charge is 0.337 e. The lowest BCUT2D eigenvalue weighted by molar-refractivity contribution is 0.0773. The van der Waals surface area contributed by atoms with Gasteiger partial charge in [0.25, 0.3) is 5.91 Å². The number of hydrogen-bond donors (Lipinski definition) is 1. The van der Waals surface area contributed by atoms with Crippen LogP contribution in [0.2, 0.25) is 0 Å². The molecule has 0 aliphatic carbocycles. The number of carbonyl (C=O) groups excluding carboxylic acids is 1. The molecule has 1 amide bonds. The van der Waals surface area contributed by atoms with Gasteiger partial charge < -0.3 is 10.2 Å². The van der Waals surface area contributed by atoms with Crippen molar-refractivity contribution in [3.05, 3.63) is 35.4 Å². The second-order valence-electron chi connectivity index (χ2n) is 7.57. The third-order valence-corrected chi connectivity index (χ3v) is 6.77. The fraction of sp³-hybridized carbons (Fsp3) is 0.650. The number of amides is 1. The Hall–Kier alpha value is -1.08. The van der Waals surface area contributed by atoms with Crippen LogP contribution < -0.4 is 5.32 Å². The predicted molar refractivity (Wildman–Crippen MR) is 108 cm³/mol. The molecule has 1 N–H and O–H groups in total. The summed E-state index contributed by atoms with van der Waals surface area (Å²) >= 11 is 2.04. The van der Waals surface area contributed by atoms with Gasteiger partial charge in [0.15, 0.2) is 0 Å². The first-order valence-corrected chi connectivity index (χ1v) is 11.1. The second-order valence-corrected chi connectivity index (χ2v) is 8.79. The molecule has 0 aromatic heterocycles. The molecule has 0 bridgehead atoms. The second kappa shape index (κ2) is 8.74. The fourth-order valence-corrected chi connectivity index (χ4v) is 5.20. The molecular formula is C20H30N4OS. The van der Waals surface area contributed by atoms with E-state index in [1.807, 2.05) is 28.8 Å². The molecule has 0 saturated carbocycles. The zero-order chi connectivity index (χ0) is 17.8. The van der Waals surface area contributed by atoms with Gasteiger partial charge in [0.05, 0.1) is 0 Å². The summed E-state index contributed by atoms with van der Waals surface area (Å²) in [5, 5.41) is 3.41. The molecule has 1 aromatic rings. The first-order chi connectivity index (χ1) is 12.8. The number of nitrogens with one attached hydrogen (secondary N) is 1. The van der Waals surface area contributed by atoms with Crippen LogP contribution in [-0.4, -0.2) is 90.5 Å². The Morgan fingerprint density at radius 3 is 2.50 bits per heavy atom. The summed E-state index contributed by atoms with van der Waals surface area (Å²) in [6.45, 7) is 9.48. The molecule has 1 atom stereocenters. The van der Waals surface area contributed by atoms with Crippen molar-refractivity contribution in [3.8, 4) is 0 Å². The number of rotatable bonds is 4. The first kappa shape index (κ1) is 18.3. The van der Waals surface area contributed by atoms with E-state index in [-0.39, 0.29) is 5.91 Å². The number of carbonyl (C=O) groups is 1. The highest BCUT2D eigenvalue weighted by Crippen LogP contribution is 2.19. The molecular weight excluding hydrogens is 344 g/mol. The molecule has 1 aromatic carbocycles. The van der Waals surface area contributed by atoms with Crippen molar-refractivity contribution >= 4 is 17.7 Å². The Labute approximate surface area is 161 Å². The van der Waals surface area contributed by atoms with Gasteiger partial charge in [0.2, 0.25) is 0 Å². The molecule has 142 valence electrons. The summed E-state index contributed by atoms with van der Waals surface area (Å²) in [4.78, 5) is 20.0. The van der Waals surface area contributed by atoms with Gasteiger partial charge in [-0.15, -0.1) is 0 Å². The number of thioether (sulfide) groups is 1. The normalized spacial score (nSPS) is 25.5. The zero-order valence-electron chi connectivity index (χ0n) is 15.5. The predicted octanol–water partition coefficient (Wildman–Crippen LogP) is 1.36. The van der Waals surface area contributed by atoms with Gasteiger partial charge in [-0.2, -0.15) is 11.8 Å². The highest BCUT2D eigenvalue weighted by molar-refractivity contribution is 7.99. The van der Waals surface area contributed by atoms with Gasteiger partial charge in [-0.05, 0) is 24.1 Å². The third-order valence-electron chi connectivity index (χ3n) is 5.83. The van der Waals surface area contributed by atoms with Crippen LogP contribution in [0.5, 0.6) is 0 Å². The number of benzene rings is 1. The summed E-state index contributed by atoms with van der Waals surface area (Å²) < 4.78 is 0. The minimum Gasteiger partial charge on any atom is -0.337 e. The lowest BCUT2D eigenvalue weighted by atomic mass is 10.1. The quantitative estimate of drug-likeness (QED) is 0.862. The number of hydrogen-bond acceptors (Lipinski definition) is 5. The summed E-state index contributed by atoms with van der Waals surface area (Å²) in [6.07, 6.45) is 1.11. The zero-order valence-corrected chi connectivity index (χ0v) is 16.3. The number of likely N-dealkylation sites (tertiary alicyclic amines) is 1. The van der Waals surface area contributed by atoms with Crippen LogP contribution >= 0.6 is 11.8 Å². The standard InChI is InChI=1S/C20H30N4OS/c25-20(24-8-5-19(16-24)23-9-6-21-7-10-23)18-3-1-17(2-4-18)15-22-11-13-26-14-12-22/h1-4,19,21H,5-16H2. The average Bonchev–Trinajstić information content (AvgIpc) is 3.20. The van der Waals surface area contributed by atoms with Crippen molar-refractivity contribution in [2.24, 2.45) is 0 Å². The molecule has 3 fully saturated rings. The number of nitrogens with zero attached hydrogens (tertiary/aromatic N) is 3. The van der Waals surface area contributed by atoms with Crippen LogP contribution in [0.15, 0.2) is 24.3 Å². The van der Waals surface area contributed by atoms with Crippen LogP contribution in [0.4, 0.5) is 0 Å². The minimum atomic E-state index is 0.198. The van der Waals surface area contributed by atoms with E-state index in [1.165, 1.54) is 30.2 Å². The van der Waals surface area contributed by atoms with Crippen LogP contribution in [0.25, 0.3) is 0 Å². The first-order valence-electron chi connectivity index (χ1n) is 9.93. The van der Waals surface area contributed by atoms with Crippen LogP contribution in [0.1, 0.15) is 22.3 Å². The molecule has 3 aliphatic heterocycles. The molecule has 4 rings (SSSR count). The Kier molecular flexibility index (Phi) is 6.15. The molecule has 5 nitrogen and oxygen atoms in total. The molecule has 0 radical (unpaired) electrons. The molecule has 3 saturated heterocycles. The highest BCUT2D eigenvalue weighted by atomic mass is 32.2. The van der Waals surface area contributed by atoms with Crippen molar-refractivity contribution in [2.45, 2.75) is 19.0 Å². The fourth-order valence-electron chi connectivity index (χ4n) is 4.22. The minimum absolute atomic E-state index is 0.198. The maximum atomic E-state index is 12.9. The van der Waals surface area contributed by atoms with Crippen LogP contribution in [-0.2, 0) is 6.54 Å². The van der Waals surface area contributed by atoms with Crippen molar-refractivity contribution in [2.75, 3.05) is 63.9 Å². The van der Waals surface area contributed by atoms with Gasteiger partial charge in [-0.25, -0.2) is 0 Å². The van der Waals surface area contributed by atoms with E-state index in [2.05, 4.69) is 27.2 Å². The molecule has 3 aliphatic rings. The average molecular weight is 375 g/mol. The molecule has 26 heavy (non-hydrogen) atoms. The van der Waals surface area contributed by atoms with Crippen molar-refractivity contribution in [3.63, 3.8) is 0 Å². The van der Waals surface area contributed by atoms with Crippen molar-refractivity contribution < 1.29 is 4.79 Å². The summed E-state index contributed by atoms with van der Waals surface area (Å²) in [6, 6.07) is 8.86. The van der Waals surface area contributed by atoms with E-state index < -0.39 is 0 Å². The summed E-state index contributed by atoms with van der Waals surface area (Å²) in [5.74, 6) is 2.67. The molecule has 0 spiro atoms. The summed E-state index contributed by atoms with van der Waals surface area (Å²) in [5.41, 5.74) is 2.15. The van der Waals surface area contributed by atoms with Crippen molar-refractivity contribution in [1.29, 1.82) is 0 Å². The smallest absolute Gasteiger partial charge is 0.253 e. The molecule has 6 heteroatoms. The van der Waals surface area contributed by atoms with Crippen LogP contribution in [0.3, 0.4) is 0 Å². The van der Waals surface area contributed by atoms with E-state index in [9.17, 15) is 4.79 Å². The van der Waals surface area contributed by atoms with Gasteiger partial charge in [-0.3, -0.25) is 14.6 Å². The van der Waals surface area contributed by atoms with E-state index in [0.717, 1.165) is 57.8 Å². The third kappa shape index (κ3) is 4.42. The van der Waals surface area contributed by atoms with E-state index in [1.54, 1.807) is 0 Å². The van der Waals surface area contributed by atoms with Gasteiger partial charge in [0, 0.05) is 82.0 Å². The molecule has 1 unspecified atom stereocenters. The Bertz CT molecular complexity index is 596. The summed E-state index contributed by atoms with van der Waals surface area (Å²) in [7, 11) is 0. The van der Waals surface area contributed by atoms with E-state index in [4.69, 9.17) is 0 Å². The van der Waals surface area contributed by atoms with E-state index >= 15 is 0 Å².